The van der Waals surface area contributed by atoms with Crippen LogP contribution in [0.1, 0.15) is 26.3 Å². The normalized spacial score (nSPS) is 11.6. The van der Waals surface area contributed by atoms with Gasteiger partial charge in [-0.25, -0.2) is 10.1 Å². The van der Waals surface area contributed by atoms with Crippen LogP contribution in [0.3, 0.4) is 0 Å². The number of aromatic nitrogens is 3. The van der Waals surface area contributed by atoms with Gasteiger partial charge >= 0.3 is 0 Å². The second-order valence-electron chi connectivity index (χ2n) is 8.34. The van der Waals surface area contributed by atoms with Crippen LogP contribution in [0.4, 0.5) is 5.69 Å². The Morgan fingerprint density at radius 1 is 0.967 bits per heavy atom. The molecule has 0 spiro atoms. The number of fused-ring (bicyclic) bond motifs is 1. The predicted octanol–water partition coefficient (Wildman–Crippen LogP) is 4.54. The molecule has 4 aromatic rings. The lowest BCUT2D eigenvalue weighted by molar-refractivity contribution is 0.399. The molecule has 30 heavy (non-hydrogen) atoms. The van der Waals surface area contributed by atoms with Crippen molar-refractivity contribution >= 4 is 16.5 Å². The number of hydrogen-bond acceptors (Lipinski definition) is 5. The topological polar surface area (TPSA) is 93.9 Å². The predicted molar refractivity (Wildman–Crippen MR) is 121 cm³/mol. The number of aromatic amines is 1. The first-order chi connectivity index (χ1) is 14.3. The Balaban J connectivity index is 2.03. The van der Waals surface area contributed by atoms with Crippen molar-refractivity contribution in [1.29, 1.82) is 0 Å². The van der Waals surface area contributed by atoms with Crippen molar-refractivity contribution in [2.45, 2.75) is 26.2 Å². The number of methoxy groups -OCH3 is 1. The smallest absolute Gasteiger partial charge is 0.290 e. The lowest BCUT2D eigenvalue weighted by Gasteiger charge is -2.25. The van der Waals surface area contributed by atoms with Crippen molar-refractivity contribution in [2.75, 3.05) is 12.8 Å². The molecule has 0 radical (unpaired) electrons. The van der Waals surface area contributed by atoms with Crippen molar-refractivity contribution in [1.82, 2.24) is 15.2 Å². The SMILES string of the molecule is COc1c(-c2ccc3cc(N)ccc3c2)cc(-c2ncn[nH]c2=O)cc1C(C)(C)C. The second kappa shape index (κ2) is 7.30. The molecule has 0 unspecified atom stereocenters. The van der Waals surface area contributed by atoms with Crippen LogP contribution < -0.4 is 16.0 Å². The maximum Gasteiger partial charge on any atom is 0.290 e. The summed E-state index contributed by atoms with van der Waals surface area (Å²) >= 11 is 0. The molecule has 1 heterocycles. The number of rotatable bonds is 3. The number of nitrogens with one attached hydrogen (secondary N) is 1. The number of anilines is 1. The van der Waals surface area contributed by atoms with Gasteiger partial charge in [0.15, 0.2) is 0 Å². The molecule has 0 aliphatic heterocycles. The summed E-state index contributed by atoms with van der Waals surface area (Å²) in [5.41, 5.74) is 10.0. The van der Waals surface area contributed by atoms with E-state index in [0.29, 0.717) is 5.69 Å². The van der Waals surface area contributed by atoms with Gasteiger partial charge in [-0.3, -0.25) is 4.79 Å². The Kier molecular flexibility index (Phi) is 4.78. The van der Waals surface area contributed by atoms with E-state index in [1.54, 1.807) is 7.11 Å². The molecule has 1 aromatic heterocycles. The highest BCUT2D eigenvalue weighted by Crippen LogP contribution is 2.42. The van der Waals surface area contributed by atoms with Crippen molar-refractivity contribution in [3.8, 4) is 28.1 Å². The van der Waals surface area contributed by atoms with Crippen LogP contribution in [0, 0.1) is 0 Å². The minimum Gasteiger partial charge on any atom is -0.496 e. The highest BCUT2D eigenvalue weighted by Gasteiger charge is 2.24. The first kappa shape index (κ1) is 19.6. The lowest BCUT2D eigenvalue weighted by Crippen LogP contribution is -2.16. The molecule has 0 bridgehead atoms. The monoisotopic (exact) mass is 400 g/mol. The molecule has 0 saturated heterocycles. The molecule has 152 valence electrons. The number of nitrogens with two attached hydrogens (primary N) is 1. The van der Waals surface area contributed by atoms with Gasteiger partial charge in [-0.2, -0.15) is 5.10 Å². The van der Waals surface area contributed by atoms with E-state index in [9.17, 15) is 4.79 Å². The minimum atomic E-state index is -0.331. The van der Waals surface area contributed by atoms with E-state index < -0.39 is 0 Å². The quantitative estimate of drug-likeness (QED) is 0.492. The van der Waals surface area contributed by atoms with E-state index in [0.717, 1.165) is 44.5 Å². The zero-order valence-electron chi connectivity index (χ0n) is 17.5. The second-order valence-corrected chi connectivity index (χ2v) is 8.34. The number of hydrogen-bond donors (Lipinski definition) is 2. The number of nitrogen functional groups attached to an aromatic ring is 1. The Bertz CT molecular complexity index is 1300. The summed E-state index contributed by atoms with van der Waals surface area (Å²) < 4.78 is 5.87. The van der Waals surface area contributed by atoms with Crippen molar-refractivity contribution in [3.63, 3.8) is 0 Å². The maximum atomic E-state index is 12.4. The van der Waals surface area contributed by atoms with E-state index in [1.165, 1.54) is 6.33 Å². The number of ether oxygens (including phenoxy) is 1. The average Bonchev–Trinajstić information content (AvgIpc) is 2.72. The van der Waals surface area contributed by atoms with E-state index in [2.05, 4.69) is 42.0 Å². The minimum absolute atomic E-state index is 0.207. The summed E-state index contributed by atoms with van der Waals surface area (Å²) in [4.78, 5) is 16.6. The summed E-state index contributed by atoms with van der Waals surface area (Å²) in [6, 6.07) is 16.0. The summed E-state index contributed by atoms with van der Waals surface area (Å²) in [5.74, 6) is 0.784. The molecular weight excluding hydrogens is 376 g/mol. The van der Waals surface area contributed by atoms with Crippen molar-refractivity contribution in [2.24, 2.45) is 0 Å². The van der Waals surface area contributed by atoms with Crippen LogP contribution in [0.5, 0.6) is 5.75 Å². The van der Waals surface area contributed by atoms with Gasteiger partial charge < -0.3 is 10.5 Å². The van der Waals surface area contributed by atoms with Crippen LogP contribution in [0.15, 0.2) is 59.7 Å². The molecule has 6 nitrogen and oxygen atoms in total. The van der Waals surface area contributed by atoms with Gasteiger partial charge in [-0.15, -0.1) is 0 Å². The first-order valence-corrected chi connectivity index (χ1v) is 9.70. The number of H-pyrrole nitrogens is 1. The highest BCUT2D eigenvalue weighted by atomic mass is 16.5. The van der Waals surface area contributed by atoms with Gasteiger partial charge in [-0.05, 0) is 52.1 Å². The molecule has 0 saturated carbocycles. The maximum absolute atomic E-state index is 12.4. The van der Waals surface area contributed by atoms with E-state index in [-0.39, 0.29) is 11.0 Å². The van der Waals surface area contributed by atoms with E-state index in [4.69, 9.17) is 10.5 Å². The van der Waals surface area contributed by atoms with E-state index >= 15 is 0 Å². The van der Waals surface area contributed by atoms with Crippen LogP contribution in [-0.2, 0) is 5.41 Å². The van der Waals surface area contributed by atoms with Gasteiger partial charge in [0.25, 0.3) is 5.56 Å². The Morgan fingerprint density at radius 2 is 1.70 bits per heavy atom. The molecule has 6 heteroatoms. The molecule has 4 rings (SSSR count). The molecular formula is C24H24N4O2. The largest absolute Gasteiger partial charge is 0.496 e. The standard InChI is InChI=1S/C24H24N4O2/c1-24(2,3)20-12-17(21-23(29)28-27-13-26-21)11-19(22(20)30-4)16-6-5-15-10-18(25)8-7-14(15)9-16/h5-13H,25H2,1-4H3,(H,28,29). The molecule has 0 aliphatic carbocycles. The van der Waals surface area contributed by atoms with Gasteiger partial charge in [0.1, 0.15) is 17.8 Å². The molecule has 3 N–H and O–H groups in total. The molecule has 3 aromatic carbocycles. The molecule has 0 atom stereocenters. The van der Waals surface area contributed by atoms with Crippen molar-refractivity contribution < 1.29 is 4.74 Å². The Morgan fingerprint density at radius 3 is 2.40 bits per heavy atom. The Hall–Kier alpha value is -3.67. The van der Waals surface area contributed by atoms with Gasteiger partial charge in [0.2, 0.25) is 0 Å². The summed E-state index contributed by atoms with van der Waals surface area (Å²) in [6.07, 6.45) is 1.35. The van der Waals surface area contributed by atoms with Crippen LogP contribution in [-0.4, -0.2) is 22.3 Å². The molecule has 0 amide bonds. The summed E-state index contributed by atoms with van der Waals surface area (Å²) in [6.45, 7) is 6.35. The highest BCUT2D eigenvalue weighted by molar-refractivity contribution is 5.91. The zero-order valence-corrected chi connectivity index (χ0v) is 17.5. The van der Waals surface area contributed by atoms with Crippen LogP contribution in [0.2, 0.25) is 0 Å². The third-order valence-corrected chi connectivity index (χ3v) is 5.18. The molecule has 0 fully saturated rings. The lowest BCUT2D eigenvalue weighted by atomic mass is 9.82. The first-order valence-electron chi connectivity index (χ1n) is 9.70. The van der Waals surface area contributed by atoms with Gasteiger partial charge in [-0.1, -0.05) is 39.0 Å². The third kappa shape index (κ3) is 3.52. The fourth-order valence-electron chi connectivity index (χ4n) is 3.68. The van der Waals surface area contributed by atoms with Crippen molar-refractivity contribution in [3.05, 3.63) is 70.8 Å². The van der Waals surface area contributed by atoms with Gasteiger partial charge in [0, 0.05) is 22.4 Å². The summed E-state index contributed by atoms with van der Waals surface area (Å²) in [7, 11) is 1.67. The number of benzene rings is 3. The third-order valence-electron chi connectivity index (χ3n) is 5.18. The zero-order chi connectivity index (χ0) is 21.5. The fraction of sp³-hybridized carbons (Fsp3) is 0.208. The Labute approximate surface area is 174 Å². The fourth-order valence-corrected chi connectivity index (χ4v) is 3.68. The summed E-state index contributed by atoms with van der Waals surface area (Å²) in [5, 5.41) is 8.32. The number of nitrogens with zero attached hydrogens (tertiary/aromatic N) is 2. The molecule has 0 aliphatic rings. The van der Waals surface area contributed by atoms with E-state index in [1.807, 2.05) is 42.5 Å². The average molecular weight is 400 g/mol. The van der Waals surface area contributed by atoms with Crippen LogP contribution in [0.25, 0.3) is 33.2 Å². The van der Waals surface area contributed by atoms with Crippen LogP contribution >= 0.6 is 0 Å². The van der Waals surface area contributed by atoms with Gasteiger partial charge in [0.05, 0.1) is 7.11 Å².